The molecule has 112 valence electrons. The van der Waals surface area contributed by atoms with Crippen molar-refractivity contribution in [2.75, 3.05) is 13.1 Å². The Bertz CT molecular complexity index is 571. The smallest absolute Gasteiger partial charge is 0.267 e. The second-order valence-electron chi connectivity index (χ2n) is 5.50. The zero-order valence-corrected chi connectivity index (χ0v) is 12.2. The van der Waals surface area contributed by atoms with Gasteiger partial charge in [-0.3, -0.25) is 9.59 Å². The van der Waals surface area contributed by atoms with Crippen molar-refractivity contribution in [3.8, 4) is 0 Å². The van der Waals surface area contributed by atoms with Crippen LogP contribution in [0.4, 0.5) is 0 Å². The van der Waals surface area contributed by atoms with Crippen molar-refractivity contribution >= 4 is 11.8 Å². The van der Waals surface area contributed by atoms with Gasteiger partial charge in [-0.05, 0) is 38.2 Å². The Kier molecular flexibility index (Phi) is 4.67. The van der Waals surface area contributed by atoms with Crippen molar-refractivity contribution in [1.29, 1.82) is 0 Å². The third-order valence-corrected chi connectivity index (χ3v) is 3.65. The minimum Gasteiger partial charge on any atom is -0.364 e. The Balaban J connectivity index is 2.02. The number of carbonyl (C=O) groups is 2. The zero-order chi connectivity index (χ0) is 15.4. The van der Waals surface area contributed by atoms with Crippen molar-refractivity contribution < 1.29 is 9.59 Å². The monoisotopic (exact) mass is 288 g/mol. The Morgan fingerprint density at radius 2 is 2.24 bits per heavy atom. The third-order valence-electron chi connectivity index (χ3n) is 3.65. The SMILES string of the molecule is C=C(C)C(=O)N1CCCC(Cc2cc(C(N)=O)ncn2)C1. The Morgan fingerprint density at radius 1 is 1.48 bits per heavy atom. The molecular weight excluding hydrogens is 268 g/mol. The first kappa shape index (κ1) is 15.2. The van der Waals surface area contributed by atoms with Crippen LogP contribution in [-0.4, -0.2) is 39.8 Å². The number of nitrogens with zero attached hydrogens (tertiary/aromatic N) is 3. The molecule has 1 aliphatic rings. The molecule has 1 aromatic rings. The molecule has 6 heteroatoms. The summed E-state index contributed by atoms with van der Waals surface area (Å²) in [5.41, 5.74) is 6.80. The van der Waals surface area contributed by atoms with E-state index in [1.54, 1.807) is 13.0 Å². The Labute approximate surface area is 124 Å². The van der Waals surface area contributed by atoms with E-state index in [-0.39, 0.29) is 11.6 Å². The van der Waals surface area contributed by atoms with Gasteiger partial charge in [0.25, 0.3) is 5.91 Å². The topological polar surface area (TPSA) is 89.2 Å². The van der Waals surface area contributed by atoms with E-state index >= 15 is 0 Å². The molecule has 1 fully saturated rings. The van der Waals surface area contributed by atoms with Gasteiger partial charge in [-0.2, -0.15) is 0 Å². The Morgan fingerprint density at radius 3 is 2.90 bits per heavy atom. The fraction of sp³-hybridized carbons (Fsp3) is 0.467. The van der Waals surface area contributed by atoms with Crippen LogP contribution in [0.25, 0.3) is 0 Å². The van der Waals surface area contributed by atoms with E-state index in [0.717, 1.165) is 25.1 Å². The fourth-order valence-electron chi connectivity index (χ4n) is 2.63. The van der Waals surface area contributed by atoms with Gasteiger partial charge in [0.1, 0.15) is 12.0 Å². The first-order valence-electron chi connectivity index (χ1n) is 7.03. The van der Waals surface area contributed by atoms with E-state index in [0.29, 0.717) is 24.5 Å². The summed E-state index contributed by atoms with van der Waals surface area (Å²) in [7, 11) is 0. The number of hydrogen-bond acceptors (Lipinski definition) is 4. The van der Waals surface area contributed by atoms with Crippen LogP contribution in [0.3, 0.4) is 0 Å². The highest BCUT2D eigenvalue weighted by Gasteiger charge is 2.24. The van der Waals surface area contributed by atoms with Crippen LogP contribution < -0.4 is 5.73 Å². The molecule has 1 atom stereocenters. The van der Waals surface area contributed by atoms with Gasteiger partial charge >= 0.3 is 0 Å². The third kappa shape index (κ3) is 3.87. The van der Waals surface area contributed by atoms with Crippen LogP contribution in [0, 0.1) is 5.92 Å². The molecule has 0 spiro atoms. The molecule has 0 aromatic carbocycles. The van der Waals surface area contributed by atoms with Crippen molar-refractivity contribution in [1.82, 2.24) is 14.9 Å². The average molecular weight is 288 g/mol. The van der Waals surface area contributed by atoms with Gasteiger partial charge in [0.05, 0.1) is 0 Å². The number of hydrogen-bond donors (Lipinski definition) is 1. The molecule has 1 saturated heterocycles. The van der Waals surface area contributed by atoms with Gasteiger partial charge in [-0.1, -0.05) is 6.58 Å². The molecule has 2 heterocycles. The molecule has 21 heavy (non-hydrogen) atoms. The average Bonchev–Trinajstić information content (AvgIpc) is 2.47. The molecule has 0 bridgehead atoms. The summed E-state index contributed by atoms with van der Waals surface area (Å²) >= 11 is 0. The van der Waals surface area contributed by atoms with E-state index < -0.39 is 5.91 Å². The minimum absolute atomic E-state index is 0.0141. The van der Waals surface area contributed by atoms with Crippen LogP contribution in [-0.2, 0) is 11.2 Å². The predicted molar refractivity (Wildman–Crippen MR) is 78.4 cm³/mol. The number of likely N-dealkylation sites (tertiary alicyclic amines) is 1. The standard InChI is InChI=1S/C15H20N4O2/c1-10(2)15(21)19-5-3-4-11(8-19)6-12-7-13(14(16)20)18-9-17-12/h7,9,11H,1,3-6,8H2,2H3,(H2,16,20). The van der Waals surface area contributed by atoms with Gasteiger partial charge in [-0.25, -0.2) is 9.97 Å². The van der Waals surface area contributed by atoms with Crippen LogP contribution in [0.1, 0.15) is 35.9 Å². The number of piperidine rings is 1. The lowest BCUT2D eigenvalue weighted by molar-refractivity contribution is -0.128. The molecule has 6 nitrogen and oxygen atoms in total. The molecule has 1 aliphatic heterocycles. The molecule has 0 aliphatic carbocycles. The number of nitrogens with two attached hydrogens (primary N) is 1. The van der Waals surface area contributed by atoms with Crippen LogP contribution in [0.2, 0.25) is 0 Å². The molecule has 2 amide bonds. The van der Waals surface area contributed by atoms with Crippen molar-refractivity contribution in [3.05, 3.63) is 35.9 Å². The lowest BCUT2D eigenvalue weighted by Gasteiger charge is -2.32. The second kappa shape index (κ2) is 6.47. The number of primary amides is 1. The first-order valence-corrected chi connectivity index (χ1v) is 7.03. The van der Waals surface area contributed by atoms with E-state index in [4.69, 9.17) is 5.73 Å². The normalized spacial score (nSPS) is 18.3. The molecule has 1 unspecified atom stereocenters. The van der Waals surface area contributed by atoms with Gasteiger partial charge in [-0.15, -0.1) is 0 Å². The van der Waals surface area contributed by atoms with Crippen LogP contribution >= 0.6 is 0 Å². The quantitative estimate of drug-likeness (QED) is 0.835. The van der Waals surface area contributed by atoms with Crippen molar-refractivity contribution in [3.63, 3.8) is 0 Å². The fourth-order valence-corrected chi connectivity index (χ4v) is 2.63. The molecule has 0 saturated carbocycles. The van der Waals surface area contributed by atoms with Crippen LogP contribution in [0.15, 0.2) is 24.5 Å². The molecule has 2 rings (SSSR count). The van der Waals surface area contributed by atoms with E-state index in [2.05, 4.69) is 16.5 Å². The number of carbonyl (C=O) groups excluding carboxylic acids is 2. The highest BCUT2D eigenvalue weighted by molar-refractivity contribution is 5.92. The van der Waals surface area contributed by atoms with E-state index in [1.165, 1.54) is 6.33 Å². The highest BCUT2D eigenvalue weighted by Crippen LogP contribution is 2.21. The molecule has 1 aromatic heterocycles. The number of amides is 2. The van der Waals surface area contributed by atoms with Gasteiger partial charge in [0.2, 0.25) is 5.91 Å². The highest BCUT2D eigenvalue weighted by atomic mass is 16.2. The number of rotatable bonds is 4. The largest absolute Gasteiger partial charge is 0.364 e. The minimum atomic E-state index is -0.554. The van der Waals surface area contributed by atoms with Crippen molar-refractivity contribution in [2.45, 2.75) is 26.2 Å². The lowest BCUT2D eigenvalue weighted by Crippen LogP contribution is -2.40. The maximum atomic E-state index is 12.0. The van der Waals surface area contributed by atoms with Crippen molar-refractivity contribution in [2.24, 2.45) is 11.7 Å². The van der Waals surface area contributed by atoms with Gasteiger partial charge in [0, 0.05) is 24.4 Å². The first-order chi connectivity index (χ1) is 9.97. The second-order valence-corrected chi connectivity index (χ2v) is 5.50. The van der Waals surface area contributed by atoms with E-state index in [1.807, 2.05) is 4.90 Å². The summed E-state index contributed by atoms with van der Waals surface area (Å²) < 4.78 is 0. The lowest BCUT2D eigenvalue weighted by atomic mass is 9.92. The van der Waals surface area contributed by atoms with Gasteiger partial charge in [0.15, 0.2) is 0 Å². The maximum absolute atomic E-state index is 12.0. The van der Waals surface area contributed by atoms with E-state index in [9.17, 15) is 9.59 Å². The maximum Gasteiger partial charge on any atom is 0.267 e. The molecule has 2 N–H and O–H groups in total. The molecule has 0 radical (unpaired) electrons. The van der Waals surface area contributed by atoms with Gasteiger partial charge < -0.3 is 10.6 Å². The summed E-state index contributed by atoms with van der Waals surface area (Å²) in [6, 6.07) is 1.63. The summed E-state index contributed by atoms with van der Waals surface area (Å²) in [4.78, 5) is 33.0. The molecular formula is C15H20N4O2. The number of aromatic nitrogens is 2. The summed E-state index contributed by atoms with van der Waals surface area (Å²) in [5, 5.41) is 0. The predicted octanol–water partition coefficient (Wildman–Crippen LogP) is 0.933. The Hall–Kier alpha value is -2.24. The summed E-state index contributed by atoms with van der Waals surface area (Å²) in [6.07, 6.45) is 4.07. The zero-order valence-electron chi connectivity index (χ0n) is 12.2. The summed E-state index contributed by atoms with van der Waals surface area (Å²) in [6.45, 7) is 6.91. The van der Waals surface area contributed by atoms with Crippen LogP contribution in [0.5, 0.6) is 0 Å². The summed E-state index contributed by atoms with van der Waals surface area (Å²) in [5.74, 6) is -0.209.